The summed E-state index contributed by atoms with van der Waals surface area (Å²) in [4.78, 5) is 17.9. The lowest BCUT2D eigenvalue weighted by molar-refractivity contribution is -0.384. The number of rotatable bonds is 3. The summed E-state index contributed by atoms with van der Waals surface area (Å²) < 4.78 is 0. The highest BCUT2D eigenvalue weighted by Crippen LogP contribution is 2.33. The van der Waals surface area contributed by atoms with Gasteiger partial charge < -0.3 is 10.3 Å². The monoisotopic (exact) mass is 274 g/mol. The van der Waals surface area contributed by atoms with Crippen molar-refractivity contribution in [3.05, 3.63) is 28.3 Å². The third kappa shape index (κ3) is 2.21. The number of benzene rings is 1. The molecule has 3 rings (SSSR count). The van der Waals surface area contributed by atoms with Gasteiger partial charge in [0.05, 0.1) is 16.0 Å². The summed E-state index contributed by atoms with van der Waals surface area (Å²) in [5.41, 5.74) is 1.52. The van der Waals surface area contributed by atoms with Gasteiger partial charge in [-0.2, -0.15) is 0 Å². The predicted octanol–water partition coefficient (Wildman–Crippen LogP) is 3.32. The van der Waals surface area contributed by atoms with Gasteiger partial charge in [0.2, 0.25) is 5.95 Å². The zero-order valence-electron chi connectivity index (χ0n) is 11.6. The van der Waals surface area contributed by atoms with Crippen molar-refractivity contribution < 1.29 is 4.92 Å². The van der Waals surface area contributed by atoms with Gasteiger partial charge in [-0.3, -0.25) is 10.1 Å². The summed E-state index contributed by atoms with van der Waals surface area (Å²) >= 11 is 0. The van der Waals surface area contributed by atoms with E-state index in [1.807, 2.05) is 0 Å². The lowest BCUT2D eigenvalue weighted by Gasteiger charge is -2.18. The maximum absolute atomic E-state index is 10.8. The average molecular weight is 274 g/mol. The lowest BCUT2D eigenvalue weighted by atomic mass is 9.98. The van der Waals surface area contributed by atoms with Gasteiger partial charge in [-0.25, -0.2) is 4.98 Å². The van der Waals surface area contributed by atoms with Crippen LogP contribution >= 0.6 is 0 Å². The molecule has 0 saturated heterocycles. The number of nitro benzene ring substituents is 1. The highest BCUT2D eigenvalue weighted by molar-refractivity contribution is 5.79. The van der Waals surface area contributed by atoms with Crippen LogP contribution in [0.5, 0.6) is 0 Å². The molecule has 6 heteroatoms. The summed E-state index contributed by atoms with van der Waals surface area (Å²) in [6.07, 6.45) is 2.37. The Balaban J connectivity index is 1.84. The molecule has 1 fully saturated rings. The van der Waals surface area contributed by atoms with Crippen molar-refractivity contribution >= 4 is 22.7 Å². The van der Waals surface area contributed by atoms with Crippen LogP contribution in [0.2, 0.25) is 0 Å². The summed E-state index contributed by atoms with van der Waals surface area (Å²) in [7, 11) is 0. The zero-order valence-corrected chi connectivity index (χ0v) is 11.6. The minimum absolute atomic E-state index is 0.0792. The average Bonchev–Trinajstić information content (AvgIpc) is 2.95. The Morgan fingerprint density at radius 3 is 2.85 bits per heavy atom. The number of aromatic nitrogens is 2. The lowest BCUT2D eigenvalue weighted by Crippen LogP contribution is -2.24. The fourth-order valence-corrected chi connectivity index (χ4v) is 2.92. The minimum atomic E-state index is -0.395. The number of H-pyrrole nitrogens is 1. The number of nitrogens with zero attached hydrogens (tertiary/aromatic N) is 2. The third-order valence-electron chi connectivity index (χ3n) is 4.46. The van der Waals surface area contributed by atoms with Crippen molar-refractivity contribution in [1.29, 1.82) is 0 Å². The molecule has 0 bridgehead atoms. The first-order valence-electron chi connectivity index (χ1n) is 6.95. The molecule has 0 radical (unpaired) electrons. The van der Waals surface area contributed by atoms with E-state index in [0.717, 1.165) is 17.9 Å². The molecule has 1 saturated carbocycles. The molecule has 2 aromatic rings. The van der Waals surface area contributed by atoms with Crippen molar-refractivity contribution in [3.63, 3.8) is 0 Å². The van der Waals surface area contributed by atoms with E-state index < -0.39 is 4.92 Å². The maximum atomic E-state index is 10.8. The Kier molecular flexibility index (Phi) is 3.08. The number of hydrogen-bond acceptors (Lipinski definition) is 4. The van der Waals surface area contributed by atoms with E-state index in [1.165, 1.54) is 18.6 Å². The van der Waals surface area contributed by atoms with Crippen molar-refractivity contribution in [2.24, 2.45) is 11.8 Å². The summed E-state index contributed by atoms with van der Waals surface area (Å²) in [6, 6.07) is 5.10. The molecule has 3 unspecified atom stereocenters. The molecule has 1 aromatic heterocycles. The van der Waals surface area contributed by atoms with Gasteiger partial charge in [-0.1, -0.05) is 13.8 Å². The largest absolute Gasteiger partial charge is 0.353 e. The van der Waals surface area contributed by atoms with Crippen LogP contribution in [0.15, 0.2) is 18.2 Å². The fourth-order valence-electron chi connectivity index (χ4n) is 2.92. The number of nitro groups is 1. The maximum Gasteiger partial charge on any atom is 0.271 e. The summed E-state index contributed by atoms with van der Waals surface area (Å²) in [5, 5.41) is 14.2. The van der Waals surface area contributed by atoms with E-state index >= 15 is 0 Å². The smallest absolute Gasteiger partial charge is 0.271 e. The van der Waals surface area contributed by atoms with Crippen molar-refractivity contribution in [3.8, 4) is 0 Å². The molecule has 3 atom stereocenters. The van der Waals surface area contributed by atoms with E-state index in [-0.39, 0.29) is 5.69 Å². The second-order valence-corrected chi connectivity index (χ2v) is 5.71. The molecule has 0 spiro atoms. The number of non-ortho nitro benzene ring substituents is 1. The van der Waals surface area contributed by atoms with Gasteiger partial charge in [-0.05, 0) is 30.7 Å². The summed E-state index contributed by atoms with van der Waals surface area (Å²) in [5.74, 6) is 2.03. The first kappa shape index (κ1) is 12.9. The quantitative estimate of drug-likeness (QED) is 0.664. The van der Waals surface area contributed by atoms with Crippen LogP contribution in [0.3, 0.4) is 0 Å². The second-order valence-electron chi connectivity index (χ2n) is 5.71. The molecule has 1 aliphatic rings. The van der Waals surface area contributed by atoms with Crippen LogP contribution in [0.25, 0.3) is 11.0 Å². The van der Waals surface area contributed by atoms with Crippen LogP contribution in [0.4, 0.5) is 11.6 Å². The molecule has 106 valence electrons. The standard InChI is InChI=1S/C14H18N4O2/c1-8-3-5-11(9(8)2)15-14-16-12-6-4-10(18(19)20)7-13(12)17-14/h4,6-9,11H,3,5H2,1-2H3,(H2,15,16,17). The molecule has 6 nitrogen and oxygen atoms in total. The van der Waals surface area contributed by atoms with Crippen LogP contribution in [0, 0.1) is 22.0 Å². The number of fused-ring (bicyclic) bond motifs is 1. The first-order chi connectivity index (χ1) is 9.54. The Morgan fingerprint density at radius 1 is 1.40 bits per heavy atom. The molecular weight excluding hydrogens is 256 g/mol. The van der Waals surface area contributed by atoms with Gasteiger partial charge in [0.1, 0.15) is 0 Å². The van der Waals surface area contributed by atoms with Gasteiger partial charge in [0, 0.05) is 18.2 Å². The van der Waals surface area contributed by atoms with Crippen LogP contribution in [-0.4, -0.2) is 20.9 Å². The van der Waals surface area contributed by atoms with E-state index in [9.17, 15) is 10.1 Å². The predicted molar refractivity (Wildman–Crippen MR) is 77.7 cm³/mol. The first-order valence-corrected chi connectivity index (χ1v) is 6.95. The van der Waals surface area contributed by atoms with Crippen molar-refractivity contribution in [2.45, 2.75) is 32.7 Å². The fraction of sp³-hybridized carbons (Fsp3) is 0.500. The molecule has 1 aromatic carbocycles. The van der Waals surface area contributed by atoms with Crippen LogP contribution < -0.4 is 5.32 Å². The molecule has 20 heavy (non-hydrogen) atoms. The normalized spacial score (nSPS) is 26.0. The van der Waals surface area contributed by atoms with Crippen LogP contribution in [0.1, 0.15) is 26.7 Å². The Hall–Kier alpha value is -2.11. The molecular formula is C14H18N4O2. The SMILES string of the molecule is CC1CCC(Nc2nc3ccc([N+](=O)[O-])cc3[nH]2)C1C. The van der Waals surface area contributed by atoms with Gasteiger partial charge in [-0.15, -0.1) is 0 Å². The van der Waals surface area contributed by atoms with Crippen molar-refractivity contribution in [2.75, 3.05) is 5.32 Å². The van der Waals surface area contributed by atoms with E-state index in [0.29, 0.717) is 23.4 Å². The van der Waals surface area contributed by atoms with Gasteiger partial charge in [0.25, 0.3) is 5.69 Å². The number of aromatic amines is 1. The number of nitrogens with one attached hydrogen (secondary N) is 2. The van der Waals surface area contributed by atoms with Crippen molar-refractivity contribution in [1.82, 2.24) is 9.97 Å². The highest BCUT2D eigenvalue weighted by Gasteiger charge is 2.30. The van der Waals surface area contributed by atoms with Gasteiger partial charge >= 0.3 is 0 Å². The molecule has 1 aliphatic carbocycles. The third-order valence-corrected chi connectivity index (χ3v) is 4.46. The number of hydrogen-bond donors (Lipinski definition) is 2. The Labute approximate surface area is 116 Å². The molecule has 0 amide bonds. The second kappa shape index (κ2) is 4.77. The minimum Gasteiger partial charge on any atom is -0.353 e. The highest BCUT2D eigenvalue weighted by atomic mass is 16.6. The van der Waals surface area contributed by atoms with E-state index in [1.54, 1.807) is 6.07 Å². The zero-order chi connectivity index (χ0) is 14.3. The van der Waals surface area contributed by atoms with E-state index in [4.69, 9.17) is 0 Å². The van der Waals surface area contributed by atoms with Gasteiger partial charge in [0.15, 0.2) is 0 Å². The Morgan fingerprint density at radius 2 is 2.20 bits per heavy atom. The van der Waals surface area contributed by atoms with E-state index in [2.05, 4.69) is 29.1 Å². The van der Waals surface area contributed by atoms with Crippen LogP contribution in [-0.2, 0) is 0 Å². The Bertz CT molecular complexity index is 652. The molecule has 1 heterocycles. The molecule has 0 aliphatic heterocycles. The topological polar surface area (TPSA) is 83.8 Å². The number of anilines is 1. The number of imidazole rings is 1. The molecule has 2 N–H and O–H groups in total. The summed E-state index contributed by atoms with van der Waals surface area (Å²) in [6.45, 7) is 4.52.